The van der Waals surface area contributed by atoms with Crippen molar-refractivity contribution in [2.45, 2.75) is 6.42 Å². The molecule has 0 radical (unpaired) electrons. The Balaban J connectivity index is 1.56. The summed E-state index contributed by atoms with van der Waals surface area (Å²) in [5, 5.41) is 0.569. The van der Waals surface area contributed by atoms with Gasteiger partial charge in [-0.25, -0.2) is 4.98 Å². The normalized spacial score (nSPS) is 13.9. The highest BCUT2D eigenvalue weighted by Crippen LogP contribution is 2.23. The largest absolute Gasteiger partial charge is 0.306 e. The van der Waals surface area contributed by atoms with Crippen LogP contribution in [0.4, 0.5) is 0 Å². The van der Waals surface area contributed by atoms with Gasteiger partial charge in [0.15, 0.2) is 5.65 Å². The number of imidazole rings is 1. The first-order chi connectivity index (χ1) is 11.1. The average Bonchev–Trinajstić information content (AvgIpc) is 3.08. The zero-order chi connectivity index (χ0) is 16.0. The van der Waals surface area contributed by atoms with Crippen molar-refractivity contribution in [1.29, 1.82) is 0 Å². The maximum absolute atomic E-state index is 12.3. The van der Waals surface area contributed by atoms with Crippen LogP contribution in [0, 0.1) is 0 Å². The number of halogens is 1. The number of hydrogen-bond acceptors (Lipinski definition) is 3. The van der Waals surface area contributed by atoms with Crippen molar-refractivity contribution >= 4 is 29.1 Å². The zero-order valence-corrected chi connectivity index (χ0v) is 12.8. The number of imide groups is 1. The van der Waals surface area contributed by atoms with E-state index in [0.717, 1.165) is 5.69 Å². The van der Waals surface area contributed by atoms with E-state index < -0.39 is 0 Å². The van der Waals surface area contributed by atoms with Crippen molar-refractivity contribution in [2.75, 3.05) is 6.54 Å². The Bertz CT molecular complexity index is 913. The monoisotopic (exact) mass is 325 g/mol. The summed E-state index contributed by atoms with van der Waals surface area (Å²) >= 11 is 6.10. The highest BCUT2D eigenvalue weighted by atomic mass is 35.5. The van der Waals surface area contributed by atoms with Gasteiger partial charge in [-0.3, -0.25) is 14.5 Å². The molecule has 0 fully saturated rings. The molecular formula is C17H12ClN3O2. The molecule has 3 heterocycles. The second-order valence-corrected chi connectivity index (χ2v) is 5.78. The van der Waals surface area contributed by atoms with E-state index in [4.69, 9.17) is 11.6 Å². The summed E-state index contributed by atoms with van der Waals surface area (Å²) in [4.78, 5) is 30.4. The second-order valence-electron chi connectivity index (χ2n) is 5.38. The fraction of sp³-hybridized carbons (Fsp3) is 0.118. The summed E-state index contributed by atoms with van der Waals surface area (Å²) in [6, 6.07) is 10.5. The van der Waals surface area contributed by atoms with Crippen LogP contribution in [0.25, 0.3) is 5.65 Å². The molecule has 0 saturated heterocycles. The van der Waals surface area contributed by atoms with E-state index >= 15 is 0 Å². The molecule has 2 amide bonds. The van der Waals surface area contributed by atoms with E-state index in [-0.39, 0.29) is 11.8 Å². The number of carbonyl (C=O) groups is 2. The number of benzene rings is 1. The van der Waals surface area contributed by atoms with E-state index in [2.05, 4.69) is 4.98 Å². The molecule has 5 nitrogen and oxygen atoms in total. The van der Waals surface area contributed by atoms with Crippen LogP contribution in [0.15, 0.2) is 48.8 Å². The van der Waals surface area contributed by atoms with E-state index in [1.165, 1.54) is 4.90 Å². The Morgan fingerprint density at radius 3 is 2.35 bits per heavy atom. The molecular weight excluding hydrogens is 314 g/mol. The van der Waals surface area contributed by atoms with Crippen LogP contribution in [0.2, 0.25) is 5.02 Å². The Morgan fingerprint density at radius 1 is 1.00 bits per heavy atom. The second kappa shape index (κ2) is 5.21. The van der Waals surface area contributed by atoms with Gasteiger partial charge in [0.1, 0.15) is 0 Å². The van der Waals surface area contributed by atoms with Gasteiger partial charge in [0.05, 0.1) is 21.8 Å². The highest BCUT2D eigenvalue weighted by Gasteiger charge is 2.34. The summed E-state index contributed by atoms with van der Waals surface area (Å²) in [6.07, 6.45) is 4.21. The van der Waals surface area contributed by atoms with Crippen molar-refractivity contribution in [3.05, 3.63) is 70.6 Å². The average molecular weight is 326 g/mol. The van der Waals surface area contributed by atoms with Crippen molar-refractivity contribution in [3.63, 3.8) is 0 Å². The molecule has 1 aliphatic rings. The third-order valence-electron chi connectivity index (χ3n) is 3.95. The number of aromatic nitrogens is 2. The number of hydrogen-bond donors (Lipinski definition) is 0. The van der Waals surface area contributed by atoms with Crippen molar-refractivity contribution in [2.24, 2.45) is 0 Å². The Labute approximate surface area is 137 Å². The van der Waals surface area contributed by atoms with Crippen molar-refractivity contribution in [1.82, 2.24) is 14.3 Å². The molecule has 1 aliphatic heterocycles. The molecule has 3 aromatic rings. The van der Waals surface area contributed by atoms with E-state index in [1.54, 1.807) is 30.3 Å². The van der Waals surface area contributed by atoms with Crippen LogP contribution < -0.4 is 0 Å². The molecule has 0 bridgehead atoms. The molecule has 0 saturated carbocycles. The number of carbonyl (C=O) groups excluding carboxylic acids is 2. The molecule has 6 heteroatoms. The Kier molecular flexibility index (Phi) is 3.16. The molecule has 0 aliphatic carbocycles. The molecule has 0 atom stereocenters. The van der Waals surface area contributed by atoms with Gasteiger partial charge >= 0.3 is 0 Å². The SMILES string of the molecule is O=C1c2ccccc2C(=O)N1CCc1cn2cccc(Cl)c2n1. The summed E-state index contributed by atoms with van der Waals surface area (Å²) in [6.45, 7) is 0.299. The fourth-order valence-corrected chi connectivity index (χ4v) is 3.03. The van der Waals surface area contributed by atoms with Crippen LogP contribution in [0.1, 0.15) is 26.4 Å². The van der Waals surface area contributed by atoms with Gasteiger partial charge in [0.2, 0.25) is 0 Å². The van der Waals surface area contributed by atoms with E-state index in [0.29, 0.717) is 34.8 Å². The quantitative estimate of drug-likeness (QED) is 0.696. The standard InChI is InChI=1S/C17H12ClN3O2/c18-14-6-3-8-20-10-11(19-15(14)20)7-9-21-16(22)12-4-1-2-5-13(12)17(21)23/h1-6,8,10H,7,9H2. The lowest BCUT2D eigenvalue weighted by molar-refractivity contribution is 0.0656. The highest BCUT2D eigenvalue weighted by molar-refractivity contribution is 6.33. The molecule has 1 aromatic carbocycles. The van der Waals surface area contributed by atoms with E-state index in [9.17, 15) is 9.59 Å². The summed E-state index contributed by atoms with van der Waals surface area (Å²) < 4.78 is 1.83. The van der Waals surface area contributed by atoms with Gasteiger partial charge in [0, 0.05) is 25.4 Å². The van der Waals surface area contributed by atoms with Crippen LogP contribution in [-0.2, 0) is 6.42 Å². The molecule has 4 rings (SSSR count). The zero-order valence-electron chi connectivity index (χ0n) is 12.1. The van der Waals surface area contributed by atoms with Gasteiger partial charge in [-0.1, -0.05) is 23.7 Å². The molecule has 0 unspecified atom stereocenters. The Hall–Kier alpha value is -2.66. The minimum absolute atomic E-state index is 0.243. The number of nitrogens with zero attached hydrogens (tertiary/aromatic N) is 3. The number of amides is 2. The smallest absolute Gasteiger partial charge is 0.261 e. The lowest BCUT2D eigenvalue weighted by atomic mass is 10.1. The van der Waals surface area contributed by atoms with Gasteiger partial charge < -0.3 is 4.40 Å². The first-order valence-corrected chi connectivity index (χ1v) is 7.60. The van der Waals surface area contributed by atoms with Gasteiger partial charge in [-0.15, -0.1) is 0 Å². The van der Waals surface area contributed by atoms with Crippen molar-refractivity contribution in [3.8, 4) is 0 Å². The topological polar surface area (TPSA) is 54.7 Å². The van der Waals surface area contributed by atoms with Gasteiger partial charge in [-0.05, 0) is 24.3 Å². The van der Waals surface area contributed by atoms with Gasteiger partial charge in [0.25, 0.3) is 11.8 Å². The maximum atomic E-state index is 12.3. The summed E-state index contributed by atoms with van der Waals surface area (Å²) in [5.74, 6) is -0.486. The summed E-state index contributed by atoms with van der Waals surface area (Å²) in [5.41, 5.74) is 2.40. The third kappa shape index (κ3) is 2.21. The van der Waals surface area contributed by atoms with Gasteiger partial charge in [-0.2, -0.15) is 0 Å². The molecule has 0 N–H and O–H groups in total. The lowest BCUT2D eigenvalue weighted by Crippen LogP contribution is -2.31. The number of pyridine rings is 1. The number of rotatable bonds is 3. The van der Waals surface area contributed by atoms with Crippen LogP contribution in [0.5, 0.6) is 0 Å². The van der Waals surface area contributed by atoms with Crippen LogP contribution >= 0.6 is 11.6 Å². The van der Waals surface area contributed by atoms with E-state index in [1.807, 2.05) is 22.9 Å². The van der Waals surface area contributed by atoms with Crippen LogP contribution in [0.3, 0.4) is 0 Å². The molecule has 2 aromatic heterocycles. The first-order valence-electron chi connectivity index (χ1n) is 7.22. The predicted octanol–water partition coefficient (Wildman–Crippen LogP) is 2.83. The molecule has 23 heavy (non-hydrogen) atoms. The summed E-state index contributed by atoms with van der Waals surface area (Å²) in [7, 11) is 0. The first kappa shape index (κ1) is 14.0. The molecule has 0 spiro atoms. The fourth-order valence-electron chi connectivity index (χ4n) is 2.82. The maximum Gasteiger partial charge on any atom is 0.261 e. The lowest BCUT2D eigenvalue weighted by Gasteiger charge is -2.12. The van der Waals surface area contributed by atoms with Crippen LogP contribution in [-0.4, -0.2) is 32.6 Å². The Morgan fingerprint density at radius 2 is 1.70 bits per heavy atom. The minimum atomic E-state index is -0.243. The van der Waals surface area contributed by atoms with Crippen molar-refractivity contribution < 1.29 is 9.59 Å². The number of fused-ring (bicyclic) bond motifs is 2. The minimum Gasteiger partial charge on any atom is -0.306 e. The predicted molar refractivity (Wildman–Crippen MR) is 85.7 cm³/mol. The third-order valence-corrected chi connectivity index (χ3v) is 4.25. The molecule has 114 valence electrons.